The molecule has 8 aromatic carbocycles. The molecule has 0 aromatic heterocycles. The van der Waals surface area contributed by atoms with Crippen molar-refractivity contribution in [2.45, 2.75) is 177 Å². The Bertz CT molecular complexity index is 4640. The largest absolute Gasteiger partial charge is 0.534 e. The van der Waals surface area contributed by atoms with Gasteiger partial charge in [0.15, 0.2) is 20.0 Å². The summed E-state index contributed by atoms with van der Waals surface area (Å²) in [6, 6.07) is 46.7. The van der Waals surface area contributed by atoms with Crippen molar-refractivity contribution in [3.8, 4) is 79.4 Å². The molecule has 1 fully saturated rings. The van der Waals surface area contributed by atoms with E-state index >= 15 is 0 Å². The van der Waals surface area contributed by atoms with E-state index in [0.717, 1.165) is 88.3 Å². The number of alkyl halides is 3. The Labute approximate surface area is 635 Å². The highest BCUT2D eigenvalue weighted by molar-refractivity contribution is 7.88. The first kappa shape index (κ1) is 85.8. The quantitative estimate of drug-likeness (QED) is 0.0568. The van der Waals surface area contributed by atoms with Crippen molar-refractivity contribution >= 4 is 74.0 Å². The summed E-state index contributed by atoms with van der Waals surface area (Å²) in [6.45, 7) is 41.1. The van der Waals surface area contributed by atoms with Crippen molar-refractivity contribution in [1.82, 2.24) is 0 Å². The second kappa shape index (κ2) is 34.6. The molecule has 24 heteroatoms. The molecule has 0 saturated carbocycles. The van der Waals surface area contributed by atoms with Crippen LogP contribution in [0.3, 0.4) is 0 Å². The number of ether oxygens (including phenoxy) is 8. The van der Waals surface area contributed by atoms with Crippen LogP contribution in [0.15, 0.2) is 146 Å². The molecule has 0 aliphatic carbocycles. The molecule has 5 aliphatic rings. The van der Waals surface area contributed by atoms with E-state index in [1.807, 2.05) is 96.1 Å². The predicted octanol–water partition coefficient (Wildman–Crippen LogP) is 19.3. The summed E-state index contributed by atoms with van der Waals surface area (Å²) >= 11 is 0. The van der Waals surface area contributed by atoms with Crippen molar-refractivity contribution in [1.29, 1.82) is 0 Å². The van der Waals surface area contributed by atoms with E-state index in [9.17, 15) is 40.8 Å². The van der Waals surface area contributed by atoms with Crippen LogP contribution < -0.4 is 64.0 Å². The van der Waals surface area contributed by atoms with Crippen LogP contribution in [-0.4, -0.2) is 111 Å². The third kappa shape index (κ3) is 19.3. The second-order valence-electron chi connectivity index (χ2n) is 31.1. The molecular formula is C83H106BF3O15P4S. The first-order chi connectivity index (χ1) is 49.9. The summed E-state index contributed by atoms with van der Waals surface area (Å²) < 4.78 is 136. The third-order valence-corrected chi connectivity index (χ3v) is 33.6. The summed E-state index contributed by atoms with van der Waals surface area (Å²) in [7, 11) is -10.5. The zero-order chi connectivity index (χ0) is 79.2. The Hall–Kier alpha value is -6.84. The first-order valence-electron chi connectivity index (χ1n) is 35.8. The van der Waals surface area contributed by atoms with Gasteiger partial charge in [0.05, 0.1) is 25.6 Å². The number of aryl methyl sites for hydroxylation is 5. The molecule has 0 bridgehead atoms. The zero-order valence-electron chi connectivity index (χ0n) is 65.7. The highest BCUT2D eigenvalue weighted by Crippen LogP contribution is 2.65. The highest BCUT2D eigenvalue weighted by atomic mass is 32.2. The number of benzene rings is 8. The molecule has 0 radical (unpaired) electrons. The number of methoxy groups -OCH3 is 2. The fourth-order valence-corrected chi connectivity index (χ4v) is 23.3. The van der Waals surface area contributed by atoms with Gasteiger partial charge in [-0.25, -0.2) is 0 Å². The summed E-state index contributed by atoms with van der Waals surface area (Å²) in [5, 5.41) is 21.3. The molecule has 15 nitrogen and oxygen atoms in total. The van der Waals surface area contributed by atoms with E-state index in [2.05, 4.69) is 140 Å². The van der Waals surface area contributed by atoms with Crippen molar-refractivity contribution in [3.63, 3.8) is 0 Å². The molecule has 0 spiro atoms. The molecule has 5 heterocycles. The summed E-state index contributed by atoms with van der Waals surface area (Å²) in [5.74, 6) is 4.62. The minimum Gasteiger partial charge on any atom is -0.496 e. The highest BCUT2D eigenvalue weighted by Gasteiger charge is 2.53. The van der Waals surface area contributed by atoms with Crippen molar-refractivity contribution < 1.29 is 82.8 Å². The van der Waals surface area contributed by atoms with Crippen LogP contribution in [0.4, 0.5) is 13.2 Å². The maximum absolute atomic E-state index is 13.8. The Morgan fingerprint density at radius 2 is 0.822 bits per heavy atom. The monoisotopic (exact) mass is 1570 g/mol. The van der Waals surface area contributed by atoms with Crippen molar-refractivity contribution in [3.05, 3.63) is 173 Å². The van der Waals surface area contributed by atoms with Crippen LogP contribution in [0.1, 0.15) is 138 Å². The lowest BCUT2D eigenvalue weighted by Crippen LogP contribution is -2.34. The molecule has 0 unspecified atom stereocenters. The van der Waals surface area contributed by atoms with Crippen molar-refractivity contribution in [2.75, 3.05) is 52.8 Å². The van der Waals surface area contributed by atoms with Gasteiger partial charge in [-0.2, -0.15) is 21.6 Å². The zero-order valence-corrected chi connectivity index (χ0v) is 70.1. The average molecular weight is 1570 g/mol. The van der Waals surface area contributed by atoms with Crippen LogP contribution in [0.5, 0.6) is 46.0 Å². The molecular weight excluding hydrogens is 1460 g/mol. The van der Waals surface area contributed by atoms with Gasteiger partial charge < -0.3 is 61.3 Å². The second-order valence-corrected chi connectivity index (χ2v) is 45.5. The van der Waals surface area contributed by atoms with Gasteiger partial charge in [0.1, 0.15) is 70.9 Å². The lowest BCUT2D eigenvalue weighted by Gasteiger charge is -2.28. The van der Waals surface area contributed by atoms with Crippen LogP contribution in [0.2, 0.25) is 0 Å². The van der Waals surface area contributed by atoms with Crippen LogP contribution in [-0.2, 0) is 24.0 Å². The molecule has 2 N–H and O–H groups in total. The van der Waals surface area contributed by atoms with Gasteiger partial charge >= 0.3 is 22.7 Å². The van der Waals surface area contributed by atoms with Crippen LogP contribution in [0.25, 0.3) is 33.4 Å². The van der Waals surface area contributed by atoms with E-state index in [1.54, 1.807) is 41.1 Å². The van der Waals surface area contributed by atoms with E-state index in [1.165, 1.54) is 74.5 Å². The Morgan fingerprint density at radius 3 is 1.22 bits per heavy atom. The lowest BCUT2D eigenvalue weighted by molar-refractivity contribution is -0.0499. The Kier molecular flexibility index (Phi) is 27.7. The number of hydrogen-bond donors (Lipinski definition) is 2. The van der Waals surface area contributed by atoms with Gasteiger partial charge in [0.25, 0.3) is 0 Å². The predicted molar refractivity (Wildman–Crippen MR) is 435 cm³/mol. The van der Waals surface area contributed by atoms with Gasteiger partial charge in [-0.1, -0.05) is 180 Å². The minimum absolute atomic E-state index is 0.0225. The van der Waals surface area contributed by atoms with E-state index in [0.29, 0.717) is 11.2 Å². The SMILES string of the molecule is C1CCOC1.CC(C)(C)[P@@]1(=O)COc2cccc(OS(=O)(=O)C(F)(F)F)c21.COc1cccc(C)c1-c1cccc2c1[P@@](=O)(C(C)(C)C)CO2.COc1cccc(C)c1-c1cccc2c1[P@@](C(C)(C)C)CO2.Cc1cccc(C)c1-c1cccc2c1[P@@](C(C)(C)C)CO2.Cc1cccc(OC(C)C)c1B(O)O. The standard InChI is InChI=1S/C19H23O3P.C19H23O2P.C19H23OP.C12H14F3O5PS.C10H15BO3.C4H8O/c1-13-8-6-10-15(21-5)17(13)14-9-7-11-16-18(14)23(20,12-22-16)19(2,3)4;1-13-8-6-10-15(20-5)17(13)14-9-7-11-16-18(14)22(12-21-16)19(2,3)4;1-13-8-6-9-14(2)17(13)15-10-7-11-16-18(15)21(12-20-16)19(3,4)5;1-11(2,3)21(16)7-19-8-5-4-6-9(10(8)21)20-22(17,18)12(13,14)15;1-7(2)14-9-6-4-5-8(3)10(9)11(12)13;1-2-4-5-3-1/h6-11H,12H2,1-5H3;6-11H,12H2,1-5H3;6-11H,12H2,1-5H3;4-6H,7H2,1-3H3;4-7,12-13H,1-3H3;1-4H2/t23-;22-;2*21-;;/m1001../s1. The molecule has 5 aliphatic heterocycles. The van der Waals surface area contributed by atoms with E-state index in [4.69, 9.17) is 37.9 Å². The van der Waals surface area contributed by atoms with Gasteiger partial charge in [-0.3, -0.25) is 0 Å². The molecule has 107 heavy (non-hydrogen) atoms. The van der Waals surface area contributed by atoms with Crippen molar-refractivity contribution in [2.24, 2.45) is 0 Å². The number of hydrogen-bond acceptors (Lipinski definition) is 15. The summed E-state index contributed by atoms with van der Waals surface area (Å²) in [6.07, 6.45) is 4.32. The number of halogens is 3. The fraction of sp³-hybridized carbons (Fsp3) is 0.422. The molecule has 1 saturated heterocycles. The van der Waals surface area contributed by atoms with E-state index < -0.39 is 47.9 Å². The number of rotatable bonds is 10. The first-order valence-corrected chi connectivity index (χ1v) is 44.0. The van der Waals surface area contributed by atoms with Crippen LogP contribution >= 0.6 is 30.1 Å². The smallest absolute Gasteiger partial charge is 0.496 e. The molecule has 13 rings (SSSR count). The number of fused-ring (bicyclic) bond motifs is 4. The van der Waals surface area contributed by atoms with Gasteiger partial charge in [0, 0.05) is 56.3 Å². The maximum Gasteiger partial charge on any atom is 0.534 e. The normalized spacial score (nSPS) is 18.3. The van der Waals surface area contributed by atoms with Gasteiger partial charge in [-0.15, -0.1) is 0 Å². The molecule has 4 atom stereocenters. The maximum atomic E-state index is 13.8. The third-order valence-electron chi connectivity index (χ3n) is 18.9. The topological polar surface area (TPSA) is 192 Å². The van der Waals surface area contributed by atoms with E-state index in [-0.39, 0.29) is 61.2 Å². The summed E-state index contributed by atoms with van der Waals surface area (Å²) in [5.41, 5.74) is 7.93. The minimum atomic E-state index is -5.84. The van der Waals surface area contributed by atoms with Gasteiger partial charge in [0.2, 0.25) is 0 Å². The molecule has 578 valence electrons. The Morgan fingerprint density at radius 1 is 0.467 bits per heavy atom. The average Bonchev–Trinajstić information content (AvgIpc) is 1.64. The lowest BCUT2D eigenvalue weighted by atomic mass is 9.76. The molecule has 0 amide bonds. The molecule has 8 aromatic rings. The van der Waals surface area contributed by atoms with Crippen LogP contribution in [0, 0.1) is 34.6 Å². The summed E-state index contributed by atoms with van der Waals surface area (Å²) in [4.78, 5) is 0. The van der Waals surface area contributed by atoms with Gasteiger partial charge in [-0.05, 0) is 181 Å². The Balaban J connectivity index is 0.000000167. The fourth-order valence-electron chi connectivity index (χ4n) is 13.0.